The zero-order valence-electron chi connectivity index (χ0n) is 13.7. The third kappa shape index (κ3) is 3.23. The van der Waals surface area contributed by atoms with E-state index in [4.69, 9.17) is 0 Å². The Hall–Kier alpha value is -1.55. The average molecular weight is 313 g/mol. The number of carbonyl (C=O) groups is 1. The number of nitrogens with zero attached hydrogens (tertiary/aromatic N) is 1. The molecular formula is C19H27N3O. The summed E-state index contributed by atoms with van der Waals surface area (Å²) < 4.78 is 0. The smallest absolute Gasteiger partial charge is 0.237 e. The molecule has 1 amide bonds. The van der Waals surface area contributed by atoms with Crippen LogP contribution in [0, 0.1) is 5.92 Å². The fourth-order valence-electron chi connectivity index (χ4n) is 4.57. The van der Waals surface area contributed by atoms with Crippen LogP contribution in [0.1, 0.15) is 38.5 Å². The highest BCUT2D eigenvalue weighted by Crippen LogP contribution is 2.33. The number of carbonyl (C=O) groups excluding carboxylic acids is 1. The van der Waals surface area contributed by atoms with Crippen LogP contribution in [0.15, 0.2) is 30.3 Å². The molecule has 2 aliphatic heterocycles. The number of para-hydroxylation sites is 1. The van der Waals surface area contributed by atoms with Crippen LogP contribution in [0.2, 0.25) is 0 Å². The Morgan fingerprint density at radius 1 is 1.13 bits per heavy atom. The topological polar surface area (TPSA) is 44.4 Å². The van der Waals surface area contributed by atoms with Crippen molar-refractivity contribution < 1.29 is 4.79 Å². The highest BCUT2D eigenvalue weighted by atomic mass is 16.2. The third-order valence-corrected chi connectivity index (χ3v) is 5.84. The molecule has 0 spiro atoms. The number of amides is 1. The predicted molar refractivity (Wildman–Crippen MR) is 92.5 cm³/mol. The van der Waals surface area contributed by atoms with E-state index < -0.39 is 0 Å². The van der Waals surface area contributed by atoms with Crippen molar-refractivity contribution in [2.24, 2.45) is 5.92 Å². The van der Waals surface area contributed by atoms with E-state index in [1.165, 1.54) is 31.4 Å². The van der Waals surface area contributed by atoms with Crippen molar-refractivity contribution in [3.8, 4) is 0 Å². The summed E-state index contributed by atoms with van der Waals surface area (Å²) in [6.07, 6.45) is 7.28. The molecule has 2 saturated heterocycles. The highest BCUT2D eigenvalue weighted by molar-refractivity contribution is 5.82. The second kappa shape index (κ2) is 6.52. The van der Waals surface area contributed by atoms with Crippen LogP contribution in [0.4, 0.5) is 5.69 Å². The fraction of sp³-hybridized carbons (Fsp3) is 0.632. The van der Waals surface area contributed by atoms with Gasteiger partial charge in [-0.25, -0.2) is 0 Å². The molecule has 4 heteroatoms. The Balaban J connectivity index is 1.30. The van der Waals surface area contributed by atoms with Crippen LogP contribution in [0.3, 0.4) is 0 Å². The third-order valence-electron chi connectivity index (χ3n) is 5.84. The summed E-state index contributed by atoms with van der Waals surface area (Å²) in [5.74, 6) is 0.947. The number of hydrogen-bond donors (Lipinski definition) is 2. The molecular weight excluding hydrogens is 286 g/mol. The Labute approximate surface area is 138 Å². The van der Waals surface area contributed by atoms with Gasteiger partial charge < -0.3 is 15.5 Å². The van der Waals surface area contributed by atoms with Crippen LogP contribution < -0.4 is 15.5 Å². The second-order valence-electron chi connectivity index (χ2n) is 7.38. The van der Waals surface area contributed by atoms with Gasteiger partial charge in [0.1, 0.15) is 0 Å². The Morgan fingerprint density at radius 3 is 2.78 bits per heavy atom. The molecule has 4 nitrogen and oxygen atoms in total. The van der Waals surface area contributed by atoms with Crippen LogP contribution in [-0.4, -0.2) is 37.1 Å². The van der Waals surface area contributed by atoms with Gasteiger partial charge in [-0.3, -0.25) is 4.79 Å². The van der Waals surface area contributed by atoms with Crippen molar-refractivity contribution in [1.82, 2.24) is 10.6 Å². The monoisotopic (exact) mass is 313 g/mol. The number of nitrogens with one attached hydrogen (secondary N) is 2. The average Bonchev–Trinajstić information content (AvgIpc) is 3.22. The van der Waals surface area contributed by atoms with E-state index in [-0.39, 0.29) is 18.0 Å². The van der Waals surface area contributed by atoms with E-state index in [2.05, 4.69) is 39.8 Å². The van der Waals surface area contributed by atoms with Crippen molar-refractivity contribution in [3.05, 3.63) is 30.3 Å². The summed E-state index contributed by atoms with van der Waals surface area (Å²) in [4.78, 5) is 15.0. The number of hydrogen-bond acceptors (Lipinski definition) is 3. The zero-order chi connectivity index (χ0) is 15.6. The summed E-state index contributed by atoms with van der Waals surface area (Å²) in [5, 5.41) is 6.87. The molecule has 1 aromatic rings. The van der Waals surface area contributed by atoms with Gasteiger partial charge in [-0.1, -0.05) is 31.0 Å². The maximum absolute atomic E-state index is 12.6. The van der Waals surface area contributed by atoms with Crippen molar-refractivity contribution in [2.45, 2.75) is 56.7 Å². The molecule has 2 heterocycles. The van der Waals surface area contributed by atoms with Crippen molar-refractivity contribution >= 4 is 11.6 Å². The SMILES string of the molecule is O=C(NC1CCN(c2ccccc2)C1)C1CC2CCCCC2N1. The van der Waals surface area contributed by atoms with E-state index in [9.17, 15) is 4.79 Å². The molecule has 3 fully saturated rings. The van der Waals surface area contributed by atoms with Gasteiger partial charge >= 0.3 is 0 Å². The van der Waals surface area contributed by atoms with Gasteiger partial charge in [0.2, 0.25) is 5.91 Å². The summed E-state index contributed by atoms with van der Waals surface area (Å²) in [6, 6.07) is 11.4. The van der Waals surface area contributed by atoms with Crippen molar-refractivity contribution in [3.63, 3.8) is 0 Å². The molecule has 4 unspecified atom stereocenters. The summed E-state index contributed by atoms with van der Waals surface area (Å²) in [7, 11) is 0. The van der Waals surface area contributed by atoms with Gasteiger partial charge in [0.15, 0.2) is 0 Å². The first-order valence-corrected chi connectivity index (χ1v) is 9.16. The Bertz CT molecular complexity index is 533. The van der Waals surface area contributed by atoms with Gasteiger partial charge in [0.05, 0.1) is 6.04 Å². The molecule has 4 rings (SSSR count). The quantitative estimate of drug-likeness (QED) is 0.900. The minimum Gasteiger partial charge on any atom is -0.369 e. The van der Waals surface area contributed by atoms with Crippen LogP contribution in [0.25, 0.3) is 0 Å². The first-order valence-electron chi connectivity index (χ1n) is 9.16. The number of rotatable bonds is 3. The highest BCUT2D eigenvalue weighted by Gasteiger charge is 2.39. The van der Waals surface area contributed by atoms with E-state index in [0.29, 0.717) is 6.04 Å². The first-order chi connectivity index (χ1) is 11.3. The molecule has 1 aromatic carbocycles. The van der Waals surface area contributed by atoms with E-state index in [1.54, 1.807) is 0 Å². The Morgan fingerprint density at radius 2 is 1.96 bits per heavy atom. The lowest BCUT2D eigenvalue weighted by Crippen LogP contribution is -2.47. The zero-order valence-corrected chi connectivity index (χ0v) is 13.7. The van der Waals surface area contributed by atoms with Crippen LogP contribution in [-0.2, 0) is 4.79 Å². The van der Waals surface area contributed by atoms with Crippen LogP contribution in [0.5, 0.6) is 0 Å². The molecule has 1 saturated carbocycles. The summed E-state index contributed by atoms with van der Waals surface area (Å²) >= 11 is 0. The lowest BCUT2D eigenvalue weighted by atomic mass is 9.85. The maximum atomic E-state index is 12.6. The predicted octanol–water partition coefficient (Wildman–Crippen LogP) is 2.30. The van der Waals surface area contributed by atoms with E-state index >= 15 is 0 Å². The molecule has 0 bridgehead atoms. The number of anilines is 1. The molecule has 4 atom stereocenters. The number of benzene rings is 1. The van der Waals surface area contributed by atoms with Gasteiger partial charge in [0, 0.05) is 30.9 Å². The summed E-state index contributed by atoms with van der Waals surface area (Å²) in [6.45, 7) is 1.95. The van der Waals surface area contributed by atoms with Crippen LogP contribution >= 0.6 is 0 Å². The molecule has 1 aliphatic carbocycles. The lowest BCUT2D eigenvalue weighted by Gasteiger charge is -2.24. The molecule has 3 aliphatic rings. The normalized spacial score (nSPS) is 33.5. The Kier molecular flexibility index (Phi) is 4.25. The molecule has 23 heavy (non-hydrogen) atoms. The lowest BCUT2D eigenvalue weighted by molar-refractivity contribution is -0.123. The summed E-state index contributed by atoms with van der Waals surface area (Å²) in [5.41, 5.74) is 1.26. The van der Waals surface area contributed by atoms with Gasteiger partial charge in [-0.05, 0) is 43.7 Å². The molecule has 124 valence electrons. The van der Waals surface area contributed by atoms with E-state index in [0.717, 1.165) is 31.8 Å². The first kappa shape index (κ1) is 15.0. The second-order valence-corrected chi connectivity index (χ2v) is 7.38. The minimum absolute atomic E-state index is 0.0360. The minimum atomic E-state index is 0.0360. The van der Waals surface area contributed by atoms with Gasteiger partial charge in [0.25, 0.3) is 0 Å². The standard InChI is InChI=1S/C19H27N3O/c23-19(18-12-14-6-4-5-9-17(14)21-18)20-15-10-11-22(13-15)16-7-2-1-3-8-16/h1-3,7-8,14-15,17-18,21H,4-6,9-13H2,(H,20,23). The van der Waals surface area contributed by atoms with Crippen molar-refractivity contribution in [1.29, 1.82) is 0 Å². The molecule has 0 aromatic heterocycles. The van der Waals surface area contributed by atoms with Crippen molar-refractivity contribution in [2.75, 3.05) is 18.0 Å². The largest absolute Gasteiger partial charge is 0.369 e. The fourth-order valence-corrected chi connectivity index (χ4v) is 4.57. The van der Waals surface area contributed by atoms with Gasteiger partial charge in [-0.2, -0.15) is 0 Å². The molecule has 2 N–H and O–H groups in total. The maximum Gasteiger partial charge on any atom is 0.237 e. The number of fused-ring (bicyclic) bond motifs is 1. The van der Waals surface area contributed by atoms with Gasteiger partial charge in [-0.15, -0.1) is 0 Å². The van der Waals surface area contributed by atoms with E-state index in [1.807, 2.05) is 6.07 Å². The molecule has 0 radical (unpaired) electrons.